The molecular weight excluding hydrogens is 308 g/mol. The van der Waals surface area contributed by atoms with Gasteiger partial charge in [0.1, 0.15) is 5.60 Å². The predicted molar refractivity (Wildman–Crippen MR) is 92.2 cm³/mol. The van der Waals surface area contributed by atoms with Crippen LogP contribution < -0.4 is 10.2 Å². The number of nitrogens with zero attached hydrogens (tertiary/aromatic N) is 3. The van der Waals surface area contributed by atoms with Gasteiger partial charge in [0.05, 0.1) is 0 Å². The number of benzene rings is 1. The Balaban J connectivity index is 2.05. The maximum Gasteiger partial charge on any atom is 0.412 e. The van der Waals surface area contributed by atoms with E-state index in [9.17, 15) is 9.59 Å². The summed E-state index contributed by atoms with van der Waals surface area (Å²) >= 11 is 0. The van der Waals surface area contributed by atoms with E-state index >= 15 is 0 Å². The van der Waals surface area contributed by atoms with Crippen molar-refractivity contribution in [3.8, 4) is 0 Å². The maximum absolute atomic E-state index is 12.5. The minimum Gasteiger partial charge on any atom is -0.444 e. The van der Waals surface area contributed by atoms with Crippen molar-refractivity contribution < 1.29 is 14.3 Å². The van der Waals surface area contributed by atoms with Crippen LogP contribution in [0.4, 0.5) is 16.4 Å². The fraction of sp³-hybridized carbons (Fsp3) is 0.353. The third-order valence-electron chi connectivity index (χ3n) is 3.18. The molecule has 0 radical (unpaired) electrons. The minimum absolute atomic E-state index is 0.187. The van der Waals surface area contributed by atoms with Crippen molar-refractivity contribution >= 4 is 23.6 Å². The number of hydrogen-bond acceptors (Lipinski definition) is 4. The van der Waals surface area contributed by atoms with Gasteiger partial charge >= 0.3 is 6.09 Å². The number of carbonyl (C=O) groups is 2. The number of rotatable bonds is 3. The van der Waals surface area contributed by atoms with Gasteiger partial charge in [-0.25, -0.2) is 9.78 Å². The minimum atomic E-state index is -0.565. The zero-order valence-electron chi connectivity index (χ0n) is 14.5. The number of ether oxygens (including phenoxy) is 1. The fourth-order valence-electron chi connectivity index (χ4n) is 2.08. The van der Waals surface area contributed by atoms with Gasteiger partial charge in [0, 0.05) is 37.7 Å². The molecule has 1 aromatic carbocycles. The molecule has 0 spiro atoms. The number of nitrogens with one attached hydrogen (secondary N) is 1. The van der Waals surface area contributed by atoms with Gasteiger partial charge in [0.15, 0.2) is 0 Å². The van der Waals surface area contributed by atoms with E-state index in [4.69, 9.17) is 4.74 Å². The summed E-state index contributed by atoms with van der Waals surface area (Å²) in [5, 5.41) is 2.63. The van der Waals surface area contributed by atoms with Crippen LogP contribution in [0.1, 0.15) is 31.1 Å². The van der Waals surface area contributed by atoms with E-state index in [0.717, 1.165) is 0 Å². The summed E-state index contributed by atoms with van der Waals surface area (Å²) in [4.78, 5) is 29.8. The number of anilines is 2. The van der Waals surface area contributed by atoms with Gasteiger partial charge in [-0.1, -0.05) is 0 Å². The van der Waals surface area contributed by atoms with Gasteiger partial charge in [-0.3, -0.25) is 15.0 Å². The van der Waals surface area contributed by atoms with Crippen molar-refractivity contribution in [1.82, 2.24) is 9.55 Å². The molecule has 128 valence electrons. The number of aryl methyl sites for hydroxylation is 1. The summed E-state index contributed by atoms with van der Waals surface area (Å²) in [5.74, 6) is 0.365. The number of aromatic nitrogens is 2. The van der Waals surface area contributed by atoms with E-state index in [0.29, 0.717) is 17.2 Å². The summed E-state index contributed by atoms with van der Waals surface area (Å²) < 4.78 is 6.94. The van der Waals surface area contributed by atoms with Crippen molar-refractivity contribution in [3.63, 3.8) is 0 Å². The van der Waals surface area contributed by atoms with Crippen molar-refractivity contribution in [2.75, 3.05) is 17.3 Å². The number of hydrogen-bond donors (Lipinski definition) is 1. The highest BCUT2D eigenvalue weighted by Crippen LogP contribution is 2.16. The van der Waals surface area contributed by atoms with E-state index in [1.54, 1.807) is 69.0 Å². The lowest BCUT2D eigenvalue weighted by molar-refractivity contribution is 0.0636. The third-order valence-corrected chi connectivity index (χ3v) is 3.18. The summed E-state index contributed by atoms with van der Waals surface area (Å²) in [6, 6.07) is 6.61. The van der Waals surface area contributed by atoms with Crippen LogP contribution in [-0.2, 0) is 11.8 Å². The predicted octanol–water partition coefficient (Wildman–Crippen LogP) is 3.04. The summed E-state index contributed by atoms with van der Waals surface area (Å²) in [6.07, 6.45) is 2.87. The average molecular weight is 330 g/mol. The first-order chi connectivity index (χ1) is 11.2. The van der Waals surface area contributed by atoms with Crippen molar-refractivity contribution in [3.05, 3.63) is 42.2 Å². The first-order valence-corrected chi connectivity index (χ1v) is 7.53. The Morgan fingerprint density at radius 1 is 1.21 bits per heavy atom. The van der Waals surface area contributed by atoms with Gasteiger partial charge in [0.25, 0.3) is 5.91 Å². The smallest absolute Gasteiger partial charge is 0.412 e. The molecule has 0 aliphatic heterocycles. The Kier molecular flexibility index (Phi) is 4.92. The number of imidazole rings is 1. The first-order valence-electron chi connectivity index (χ1n) is 7.53. The maximum atomic E-state index is 12.5. The molecule has 1 N–H and O–H groups in total. The van der Waals surface area contributed by atoms with E-state index in [-0.39, 0.29) is 5.91 Å². The lowest BCUT2D eigenvalue weighted by Gasteiger charge is -2.20. The lowest BCUT2D eigenvalue weighted by Crippen LogP contribution is -2.29. The molecule has 1 heterocycles. The molecule has 1 aromatic heterocycles. The van der Waals surface area contributed by atoms with Crippen molar-refractivity contribution in [1.29, 1.82) is 0 Å². The second kappa shape index (κ2) is 6.74. The molecular formula is C17H22N4O3. The molecule has 0 unspecified atom stereocenters. The van der Waals surface area contributed by atoms with Gasteiger partial charge < -0.3 is 9.30 Å². The van der Waals surface area contributed by atoms with Gasteiger partial charge in [-0.15, -0.1) is 0 Å². The van der Waals surface area contributed by atoms with Crippen LogP contribution in [-0.4, -0.2) is 34.2 Å². The zero-order valence-corrected chi connectivity index (χ0v) is 14.5. The molecule has 0 saturated carbocycles. The van der Waals surface area contributed by atoms with E-state index in [1.165, 1.54) is 4.90 Å². The Labute approximate surface area is 141 Å². The Hall–Kier alpha value is -2.83. The molecule has 7 nitrogen and oxygen atoms in total. The van der Waals surface area contributed by atoms with Crippen LogP contribution in [0.3, 0.4) is 0 Å². The SMILES string of the molecule is CN(C(=O)c1ccc(NC(=O)OC(C)(C)C)cc1)c1nccn1C. The number of amides is 2. The molecule has 0 bridgehead atoms. The topological polar surface area (TPSA) is 76.5 Å². The normalized spacial score (nSPS) is 11.0. The molecule has 2 rings (SSSR count). The Morgan fingerprint density at radius 2 is 1.83 bits per heavy atom. The van der Waals surface area contributed by atoms with Gasteiger partial charge in [-0.2, -0.15) is 0 Å². The summed E-state index contributed by atoms with van der Waals surface area (Å²) in [6.45, 7) is 5.38. The molecule has 24 heavy (non-hydrogen) atoms. The number of carbonyl (C=O) groups excluding carboxylic acids is 2. The highest BCUT2D eigenvalue weighted by molar-refractivity contribution is 6.05. The monoisotopic (exact) mass is 330 g/mol. The van der Waals surface area contributed by atoms with Crippen LogP contribution in [0.2, 0.25) is 0 Å². The molecule has 7 heteroatoms. The van der Waals surface area contributed by atoms with Crippen LogP contribution in [0.5, 0.6) is 0 Å². The van der Waals surface area contributed by atoms with Crippen molar-refractivity contribution in [2.45, 2.75) is 26.4 Å². The Morgan fingerprint density at radius 3 is 2.33 bits per heavy atom. The highest BCUT2D eigenvalue weighted by atomic mass is 16.6. The fourth-order valence-corrected chi connectivity index (χ4v) is 2.08. The second-order valence-electron chi connectivity index (χ2n) is 6.41. The second-order valence-corrected chi connectivity index (χ2v) is 6.41. The summed E-state index contributed by atoms with van der Waals surface area (Å²) in [7, 11) is 3.48. The molecule has 0 saturated heterocycles. The zero-order chi connectivity index (χ0) is 17.9. The standard InChI is InChI=1S/C17H22N4O3/c1-17(2,3)24-16(23)19-13-8-6-12(7-9-13)14(22)21(5)15-18-10-11-20(15)4/h6-11H,1-5H3,(H,19,23). The van der Waals surface area contributed by atoms with E-state index in [1.807, 2.05) is 7.05 Å². The van der Waals surface area contributed by atoms with Crippen LogP contribution in [0.25, 0.3) is 0 Å². The Bertz CT molecular complexity index is 729. The van der Waals surface area contributed by atoms with Gasteiger partial charge in [0.2, 0.25) is 5.95 Å². The van der Waals surface area contributed by atoms with Gasteiger partial charge in [-0.05, 0) is 45.0 Å². The molecule has 0 aliphatic carbocycles. The first kappa shape index (κ1) is 17.5. The van der Waals surface area contributed by atoms with Crippen molar-refractivity contribution in [2.24, 2.45) is 7.05 Å². The van der Waals surface area contributed by atoms with Crippen LogP contribution >= 0.6 is 0 Å². The van der Waals surface area contributed by atoms with Crippen LogP contribution in [0, 0.1) is 0 Å². The largest absolute Gasteiger partial charge is 0.444 e. The quantitative estimate of drug-likeness (QED) is 0.938. The molecule has 0 aliphatic rings. The summed E-state index contributed by atoms with van der Waals surface area (Å²) in [5.41, 5.74) is 0.487. The molecule has 2 amide bonds. The van der Waals surface area contributed by atoms with Crippen LogP contribution in [0.15, 0.2) is 36.7 Å². The van der Waals surface area contributed by atoms with E-state index in [2.05, 4.69) is 10.3 Å². The molecule has 0 atom stereocenters. The molecule has 2 aromatic rings. The van der Waals surface area contributed by atoms with E-state index < -0.39 is 11.7 Å². The average Bonchev–Trinajstić information content (AvgIpc) is 2.90. The molecule has 0 fully saturated rings. The third kappa shape index (κ3) is 4.34. The lowest BCUT2D eigenvalue weighted by atomic mass is 10.2. The highest BCUT2D eigenvalue weighted by Gasteiger charge is 2.18.